The monoisotopic (exact) mass is 246 g/mol. The van der Waals surface area contributed by atoms with Gasteiger partial charge in [0, 0.05) is 52.9 Å². The highest BCUT2D eigenvalue weighted by molar-refractivity contribution is 4.93. The van der Waals surface area contributed by atoms with Crippen LogP contribution in [0.1, 0.15) is 19.8 Å². The normalized spacial score (nSPS) is 25.4. The van der Waals surface area contributed by atoms with E-state index in [1.54, 1.807) is 21.3 Å². The van der Waals surface area contributed by atoms with Crippen molar-refractivity contribution in [2.75, 3.05) is 41.0 Å². The molecule has 1 fully saturated rings. The molecule has 2 unspecified atom stereocenters. The summed E-state index contributed by atoms with van der Waals surface area (Å²) in [4.78, 5) is 2.38. The highest BCUT2D eigenvalue weighted by Crippen LogP contribution is 2.27. The van der Waals surface area contributed by atoms with Crippen LogP contribution in [0.15, 0.2) is 0 Å². The summed E-state index contributed by atoms with van der Waals surface area (Å²) in [7, 11) is 5.08. The Morgan fingerprint density at radius 2 is 2.00 bits per heavy atom. The van der Waals surface area contributed by atoms with Crippen LogP contribution in [-0.4, -0.2) is 63.8 Å². The molecule has 2 atom stereocenters. The fraction of sp³-hybridized carbons (Fsp3) is 1.00. The summed E-state index contributed by atoms with van der Waals surface area (Å²) >= 11 is 0. The molecular weight excluding hydrogens is 220 g/mol. The van der Waals surface area contributed by atoms with Crippen LogP contribution in [-0.2, 0) is 14.2 Å². The minimum Gasteiger partial charge on any atom is -0.380 e. The molecule has 1 heterocycles. The minimum absolute atomic E-state index is 0.0933. The van der Waals surface area contributed by atoms with Gasteiger partial charge in [0.25, 0.3) is 0 Å². The molecule has 5 nitrogen and oxygen atoms in total. The van der Waals surface area contributed by atoms with E-state index in [9.17, 15) is 0 Å². The molecule has 1 rings (SSSR count). The van der Waals surface area contributed by atoms with Crippen LogP contribution in [0.2, 0.25) is 0 Å². The van der Waals surface area contributed by atoms with Crippen molar-refractivity contribution in [1.82, 2.24) is 4.90 Å². The SMILES string of the molecule is COC1CCN(C(C)(CN)CC(OC)OC)C1. The van der Waals surface area contributed by atoms with E-state index >= 15 is 0 Å². The average Bonchev–Trinajstić information content (AvgIpc) is 2.85. The zero-order chi connectivity index (χ0) is 12.9. The van der Waals surface area contributed by atoms with Gasteiger partial charge in [-0.1, -0.05) is 0 Å². The number of hydrogen-bond acceptors (Lipinski definition) is 5. The zero-order valence-corrected chi connectivity index (χ0v) is 11.4. The van der Waals surface area contributed by atoms with E-state index in [4.69, 9.17) is 19.9 Å². The lowest BCUT2D eigenvalue weighted by Crippen LogP contribution is -2.53. The van der Waals surface area contributed by atoms with E-state index < -0.39 is 0 Å². The van der Waals surface area contributed by atoms with E-state index in [2.05, 4.69) is 11.8 Å². The number of methoxy groups -OCH3 is 3. The second-order valence-electron chi connectivity index (χ2n) is 4.90. The lowest BCUT2D eigenvalue weighted by molar-refractivity contribution is -0.127. The first kappa shape index (κ1) is 14.9. The molecule has 0 aliphatic carbocycles. The third-order valence-electron chi connectivity index (χ3n) is 3.81. The molecule has 0 spiro atoms. The fourth-order valence-electron chi connectivity index (χ4n) is 2.37. The molecule has 0 aromatic rings. The maximum atomic E-state index is 5.94. The van der Waals surface area contributed by atoms with Crippen molar-refractivity contribution in [2.45, 2.75) is 37.7 Å². The summed E-state index contributed by atoms with van der Waals surface area (Å²) in [6, 6.07) is 0. The van der Waals surface area contributed by atoms with Crippen molar-refractivity contribution in [3.05, 3.63) is 0 Å². The summed E-state index contributed by atoms with van der Waals surface area (Å²) in [6.45, 7) is 4.71. The van der Waals surface area contributed by atoms with E-state index in [0.717, 1.165) is 25.9 Å². The van der Waals surface area contributed by atoms with Crippen LogP contribution < -0.4 is 5.73 Å². The van der Waals surface area contributed by atoms with Gasteiger partial charge < -0.3 is 19.9 Å². The Labute approximate surface area is 104 Å². The average molecular weight is 246 g/mol. The molecule has 0 radical (unpaired) electrons. The quantitative estimate of drug-likeness (QED) is 0.660. The number of rotatable bonds is 7. The third-order valence-corrected chi connectivity index (χ3v) is 3.81. The Hall–Kier alpha value is -0.200. The Bertz CT molecular complexity index is 224. The number of nitrogens with two attached hydrogens (primary N) is 1. The molecule has 0 amide bonds. The van der Waals surface area contributed by atoms with Gasteiger partial charge in [-0.05, 0) is 13.3 Å². The lowest BCUT2D eigenvalue weighted by Gasteiger charge is -2.39. The molecule has 0 bridgehead atoms. The Morgan fingerprint density at radius 3 is 2.41 bits per heavy atom. The van der Waals surface area contributed by atoms with Gasteiger partial charge in [-0.15, -0.1) is 0 Å². The number of ether oxygens (including phenoxy) is 3. The van der Waals surface area contributed by atoms with Crippen molar-refractivity contribution in [2.24, 2.45) is 5.73 Å². The van der Waals surface area contributed by atoms with Crippen molar-refractivity contribution in [1.29, 1.82) is 0 Å². The summed E-state index contributed by atoms with van der Waals surface area (Å²) in [6.07, 6.45) is 1.96. The predicted molar refractivity (Wildman–Crippen MR) is 66.9 cm³/mol. The van der Waals surface area contributed by atoms with Gasteiger partial charge in [0.15, 0.2) is 6.29 Å². The van der Waals surface area contributed by atoms with Gasteiger partial charge in [-0.3, -0.25) is 4.90 Å². The van der Waals surface area contributed by atoms with Crippen LogP contribution in [0.4, 0.5) is 0 Å². The Balaban J connectivity index is 2.61. The highest BCUT2D eigenvalue weighted by atomic mass is 16.7. The molecule has 1 aliphatic rings. The van der Waals surface area contributed by atoms with Gasteiger partial charge in [0.05, 0.1) is 6.10 Å². The number of nitrogens with zero attached hydrogens (tertiary/aromatic N) is 1. The molecule has 1 aliphatic heterocycles. The van der Waals surface area contributed by atoms with Gasteiger partial charge in [0.2, 0.25) is 0 Å². The summed E-state index contributed by atoms with van der Waals surface area (Å²) < 4.78 is 15.9. The number of likely N-dealkylation sites (tertiary alicyclic amines) is 1. The topological polar surface area (TPSA) is 57.0 Å². The molecule has 0 aromatic heterocycles. The lowest BCUT2D eigenvalue weighted by atomic mass is 9.95. The van der Waals surface area contributed by atoms with Crippen molar-refractivity contribution < 1.29 is 14.2 Å². The van der Waals surface area contributed by atoms with E-state index in [1.807, 2.05) is 0 Å². The van der Waals surface area contributed by atoms with Crippen LogP contribution >= 0.6 is 0 Å². The summed E-state index contributed by atoms with van der Waals surface area (Å²) in [5, 5.41) is 0. The van der Waals surface area contributed by atoms with E-state index in [0.29, 0.717) is 12.6 Å². The Morgan fingerprint density at radius 1 is 1.35 bits per heavy atom. The molecule has 1 saturated heterocycles. The van der Waals surface area contributed by atoms with Gasteiger partial charge in [-0.25, -0.2) is 0 Å². The zero-order valence-electron chi connectivity index (χ0n) is 11.4. The predicted octanol–water partition coefficient (Wildman–Crippen LogP) is 0.434. The number of hydrogen-bond donors (Lipinski definition) is 1. The second-order valence-corrected chi connectivity index (χ2v) is 4.90. The molecule has 17 heavy (non-hydrogen) atoms. The molecule has 0 saturated carbocycles. The maximum Gasteiger partial charge on any atom is 0.158 e. The van der Waals surface area contributed by atoms with Gasteiger partial charge >= 0.3 is 0 Å². The first-order valence-electron chi connectivity index (χ1n) is 6.13. The highest BCUT2D eigenvalue weighted by Gasteiger charge is 2.38. The maximum absolute atomic E-state index is 5.94. The van der Waals surface area contributed by atoms with Crippen LogP contribution in [0, 0.1) is 0 Å². The largest absolute Gasteiger partial charge is 0.380 e. The smallest absolute Gasteiger partial charge is 0.158 e. The Kier molecular flexibility index (Phi) is 5.82. The minimum atomic E-state index is -0.204. The first-order valence-corrected chi connectivity index (χ1v) is 6.13. The van der Waals surface area contributed by atoms with Gasteiger partial charge in [-0.2, -0.15) is 0 Å². The third kappa shape index (κ3) is 3.63. The summed E-state index contributed by atoms with van der Waals surface area (Å²) in [5.74, 6) is 0. The van der Waals surface area contributed by atoms with Crippen molar-refractivity contribution in [3.63, 3.8) is 0 Å². The van der Waals surface area contributed by atoms with E-state index in [-0.39, 0.29) is 11.8 Å². The van der Waals surface area contributed by atoms with Crippen LogP contribution in [0.3, 0.4) is 0 Å². The molecule has 2 N–H and O–H groups in total. The van der Waals surface area contributed by atoms with Crippen molar-refractivity contribution in [3.8, 4) is 0 Å². The first-order chi connectivity index (χ1) is 8.09. The molecule has 0 aromatic carbocycles. The molecular formula is C12H26N2O3. The van der Waals surface area contributed by atoms with E-state index in [1.165, 1.54) is 0 Å². The van der Waals surface area contributed by atoms with Gasteiger partial charge in [0.1, 0.15) is 0 Å². The standard InChI is InChI=1S/C12H26N2O3/c1-12(9-13,7-11(16-3)17-4)14-6-5-10(8-14)15-2/h10-11H,5-9,13H2,1-4H3. The van der Waals surface area contributed by atoms with Crippen LogP contribution in [0.5, 0.6) is 0 Å². The molecule has 5 heteroatoms. The fourth-order valence-corrected chi connectivity index (χ4v) is 2.37. The molecule has 102 valence electrons. The summed E-state index contributed by atoms with van der Waals surface area (Å²) in [5.41, 5.74) is 5.84. The van der Waals surface area contributed by atoms with Crippen molar-refractivity contribution >= 4 is 0 Å². The van der Waals surface area contributed by atoms with Crippen LogP contribution in [0.25, 0.3) is 0 Å². The second kappa shape index (κ2) is 6.66.